The number of nitrogens with one attached hydrogen (secondary N) is 1. The first-order valence-corrected chi connectivity index (χ1v) is 11.2. The van der Waals surface area contributed by atoms with Gasteiger partial charge in [0.1, 0.15) is 36.1 Å². The monoisotopic (exact) mass is 483 g/mol. The Kier molecular flexibility index (Phi) is 6.50. The molecule has 0 saturated carbocycles. The van der Waals surface area contributed by atoms with E-state index in [1.54, 1.807) is 12.1 Å². The van der Waals surface area contributed by atoms with Crippen LogP contribution in [0.3, 0.4) is 0 Å². The minimum Gasteiger partial charge on any atom is -0.508 e. The summed E-state index contributed by atoms with van der Waals surface area (Å²) in [6.07, 6.45) is -2.61. The van der Waals surface area contributed by atoms with Crippen LogP contribution in [-0.2, 0) is 20.4 Å². The first kappa shape index (κ1) is 23.3. The van der Waals surface area contributed by atoms with E-state index in [2.05, 4.69) is 24.8 Å². The van der Waals surface area contributed by atoms with Gasteiger partial charge in [-0.25, -0.2) is 19.5 Å². The van der Waals surface area contributed by atoms with Crippen molar-refractivity contribution < 1.29 is 43.7 Å². The van der Waals surface area contributed by atoms with Gasteiger partial charge >= 0.3 is 7.82 Å². The van der Waals surface area contributed by atoms with Crippen molar-refractivity contribution in [2.75, 3.05) is 19.0 Å². The molecule has 0 bridgehead atoms. The maximum Gasteiger partial charge on any atom is 0.469 e. The average Bonchev–Trinajstić information content (AvgIpc) is 3.32. The summed E-state index contributed by atoms with van der Waals surface area (Å²) in [6, 6.07) is 4.69. The lowest BCUT2D eigenvalue weighted by molar-refractivity contribution is -0.0504. The van der Waals surface area contributed by atoms with Gasteiger partial charge in [-0.2, -0.15) is 0 Å². The van der Waals surface area contributed by atoms with Gasteiger partial charge in [0.05, 0.1) is 20.0 Å². The summed E-state index contributed by atoms with van der Waals surface area (Å²) in [5, 5.41) is 33.5. The largest absolute Gasteiger partial charge is 0.508 e. The minimum absolute atomic E-state index is 0.0768. The van der Waals surface area contributed by atoms with Gasteiger partial charge in [-0.3, -0.25) is 9.09 Å². The number of imidazole rings is 1. The van der Waals surface area contributed by atoms with Gasteiger partial charge in [0.25, 0.3) is 0 Å². The Morgan fingerprint density at radius 1 is 1.21 bits per heavy atom. The summed E-state index contributed by atoms with van der Waals surface area (Å²) >= 11 is 0. The lowest BCUT2D eigenvalue weighted by Gasteiger charge is -2.16. The van der Waals surface area contributed by atoms with E-state index >= 15 is 0 Å². The van der Waals surface area contributed by atoms with E-state index in [9.17, 15) is 19.9 Å². The van der Waals surface area contributed by atoms with Crippen molar-refractivity contribution >= 4 is 24.8 Å². The Morgan fingerprint density at radius 3 is 2.73 bits per heavy atom. The number of phosphoric ester groups is 1. The molecule has 4 rings (SSSR count). The molecule has 178 valence electrons. The highest BCUT2D eigenvalue weighted by Crippen LogP contribution is 2.39. The molecule has 0 radical (unpaired) electrons. The molecule has 33 heavy (non-hydrogen) atoms. The average molecular weight is 483 g/mol. The number of rotatable bonds is 8. The fraction of sp³-hybridized carbons (Fsp3) is 0.389. The third kappa shape index (κ3) is 4.91. The lowest BCUT2D eigenvalue weighted by Crippen LogP contribution is -2.33. The van der Waals surface area contributed by atoms with Crippen LogP contribution in [-0.4, -0.2) is 76.7 Å². The van der Waals surface area contributed by atoms with Gasteiger partial charge in [0.15, 0.2) is 23.2 Å². The number of phenolic OH excluding ortho intramolecular Hbond substituents is 1. The number of phenols is 1. The fourth-order valence-electron chi connectivity index (χ4n) is 3.52. The number of anilines is 1. The van der Waals surface area contributed by atoms with Crippen LogP contribution in [0.4, 0.5) is 5.82 Å². The van der Waals surface area contributed by atoms with Gasteiger partial charge in [0, 0.05) is 12.1 Å². The van der Waals surface area contributed by atoms with Crippen LogP contribution in [0.5, 0.6) is 11.5 Å². The first-order chi connectivity index (χ1) is 15.7. The minimum atomic E-state index is -4.78. The Balaban J connectivity index is 1.55. The highest BCUT2D eigenvalue weighted by molar-refractivity contribution is 7.46. The molecular formula is C18H22N5O9P. The first-order valence-electron chi connectivity index (χ1n) is 9.67. The summed E-state index contributed by atoms with van der Waals surface area (Å²) in [5.74, 6) is 1.00. The SMILES string of the molecule is COc1ccc(O)cc1CNc1ncnc2c1ncn2[C@@H]1O[C@H](COP(=O)(O)O)[C@@H](O)[C@H]1O. The summed E-state index contributed by atoms with van der Waals surface area (Å²) in [6.45, 7) is -0.376. The van der Waals surface area contributed by atoms with Crippen molar-refractivity contribution in [1.82, 2.24) is 19.5 Å². The fourth-order valence-corrected chi connectivity index (χ4v) is 3.86. The third-order valence-corrected chi connectivity index (χ3v) is 5.57. The maximum atomic E-state index is 10.9. The molecule has 1 aliphatic heterocycles. The molecule has 3 aromatic rings. The van der Waals surface area contributed by atoms with Gasteiger partial charge in [0.2, 0.25) is 0 Å². The normalized spacial score (nSPS) is 23.2. The molecular weight excluding hydrogens is 461 g/mol. The molecule has 0 aliphatic carbocycles. The molecule has 3 heterocycles. The van der Waals surface area contributed by atoms with Crippen molar-refractivity contribution in [2.45, 2.75) is 31.1 Å². The zero-order valence-electron chi connectivity index (χ0n) is 17.2. The predicted molar refractivity (Wildman–Crippen MR) is 111 cm³/mol. The van der Waals surface area contributed by atoms with Crippen molar-refractivity contribution in [3.63, 3.8) is 0 Å². The smallest absolute Gasteiger partial charge is 0.469 e. The number of aromatic nitrogens is 4. The Hall–Kier alpha value is -2.84. The third-order valence-electron chi connectivity index (χ3n) is 5.09. The molecule has 0 unspecified atom stereocenters. The molecule has 1 aromatic carbocycles. The molecule has 1 saturated heterocycles. The zero-order chi connectivity index (χ0) is 23.8. The summed E-state index contributed by atoms with van der Waals surface area (Å²) in [7, 11) is -3.26. The number of aliphatic hydroxyl groups is 2. The molecule has 1 fully saturated rings. The number of nitrogens with zero attached hydrogens (tertiary/aromatic N) is 4. The van der Waals surface area contributed by atoms with E-state index in [4.69, 9.17) is 19.3 Å². The van der Waals surface area contributed by atoms with E-state index in [0.717, 1.165) is 0 Å². The molecule has 0 amide bonds. The second-order valence-corrected chi connectivity index (χ2v) is 8.47. The number of ether oxygens (including phenoxy) is 2. The number of methoxy groups -OCH3 is 1. The van der Waals surface area contributed by atoms with Crippen molar-refractivity contribution in [3.8, 4) is 11.5 Å². The molecule has 2 aromatic heterocycles. The number of benzene rings is 1. The van der Waals surface area contributed by atoms with Crippen LogP contribution in [0, 0.1) is 0 Å². The second kappa shape index (κ2) is 9.19. The van der Waals surface area contributed by atoms with E-state index in [-0.39, 0.29) is 17.9 Å². The molecule has 15 heteroatoms. The van der Waals surface area contributed by atoms with Crippen LogP contribution in [0.2, 0.25) is 0 Å². The molecule has 0 spiro atoms. The van der Waals surface area contributed by atoms with Gasteiger partial charge in [-0.15, -0.1) is 0 Å². The van der Waals surface area contributed by atoms with Crippen molar-refractivity contribution in [3.05, 3.63) is 36.4 Å². The summed E-state index contributed by atoms with van der Waals surface area (Å²) < 4.78 is 27.6. The number of aliphatic hydroxyl groups excluding tert-OH is 2. The van der Waals surface area contributed by atoms with E-state index in [0.29, 0.717) is 22.6 Å². The number of phosphoric acid groups is 1. The lowest BCUT2D eigenvalue weighted by atomic mass is 10.1. The number of hydrogen-bond donors (Lipinski definition) is 6. The Morgan fingerprint density at radius 2 is 2.00 bits per heavy atom. The van der Waals surface area contributed by atoms with Crippen molar-refractivity contribution in [2.24, 2.45) is 0 Å². The van der Waals surface area contributed by atoms with Crippen LogP contribution >= 0.6 is 7.82 Å². The maximum absolute atomic E-state index is 10.9. The van der Waals surface area contributed by atoms with Crippen LogP contribution in [0.15, 0.2) is 30.9 Å². The second-order valence-electron chi connectivity index (χ2n) is 7.23. The highest BCUT2D eigenvalue weighted by atomic mass is 31.2. The molecule has 14 nitrogen and oxygen atoms in total. The number of aromatic hydroxyl groups is 1. The Labute approximate surface area is 186 Å². The predicted octanol–water partition coefficient (Wildman–Crippen LogP) is -0.119. The number of fused-ring (bicyclic) bond motifs is 1. The van der Waals surface area contributed by atoms with Gasteiger partial charge in [-0.05, 0) is 18.2 Å². The zero-order valence-corrected chi connectivity index (χ0v) is 18.1. The van der Waals surface area contributed by atoms with Crippen LogP contribution < -0.4 is 10.1 Å². The van der Waals surface area contributed by atoms with E-state index in [1.807, 2.05) is 0 Å². The summed E-state index contributed by atoms with van der Waals surface area (Å²) in [5.41, 5.74) is 1.30. The number of hydrogen-bond acceptors (Lipinski definition) is 11. The molecule has 1 aliphatic rings. The molecule has 6 N–H and O–H groups in total. The van der Waals surface area contributed by atoms with Gasteiger partial charge in [-0.1, -0.05) is 0 Å². The standard InChI is InChI=1S/C18H22N5O9P/c1-30-11-3-2-10(24)4-9(11)5-19-16-13-17(21-7-20-16)23(8-22-13)18-15(26)14(25)12(32-18)6-31-33(27,28)29/h2-4,7-8,12,14-15,18,24-26H,5-6H2,1H3,(H,19,20,21)(H2,27,28,29)/t12-,14-,15-,18-/m1/s1. The van der Waals surface area contributed by atoms with E-state index in [1.165, 1.54) is 30.4 Å². The van der Waals surface area contributed by atoms with E-state index < -0.39 is 39.0 Å². The van der Waals surface area contributed by atoms with Crippen molar-refractivity contribution in [1.29, 1.82) is 0 Å². The molecule has 4 atom stereocenters. The summed E-state index contributed by atoms with van der Waals surface area (Å²) in [4.78, 5) is 30.4. The van der Waals surface area contributed by atoms with Crippen LogP contribution in [0.25, 0.3) is 11.2 Å². The topological polar surface area (TPSA) is 202 Å². The quantitative estimate of drug-likeness (QED) is 0.232. The van der Waals surface area contributed by atoms with Crippen LogP contribution in [0.1, 0.15) is 11.8 Å². The highest BCUT2D eigenvalue weighted by Gasteiger charge is 2.45. The Bertz CT molecular complexity index is 1190. The van der Waals surface area contributed by atoms with Gasteiger partial charge < -0.3 is 39.9 Å².